The normalized spacial score (nSPS) is 38.5. The Morgan fingerprint density at radius 1 is 1.29 bits per heavy atom. The number of nitrogens with one attached hydrogen (secondary N) is 1. The molecule has 2 fully saturated rings. The van der Waals surface area contributed by atoms with Crippen molar-refractivity contribution in [2.75, 3.05) is 13.2 Å². The van der Waals surface area contributed by atoms with Crippen molar-refractivity contribution in [2.45, 2.75) is 46.2 Å². The zero-order valence-electron chi connectivity index (χ0n) is 11.2. The summed E-state index contributed by atoms with van der Waals surface area (Å²) in [5.74, 6) is 0.152. The minimum absolute atomic E-state index is 0.0263. The summed E-state index contributed by atoms with van der Waals surface area (Å²) >= 11 is 0. The van der Waals surface area contributed by atoms with Gasteiger partial charge in [0.15, 0.2) is 0 Å². The van der Waals surface area contributed by atoms with Crippen molar-refractivity contribution in [3.63, 3.8) is 0 Å². The van der Waals surface area contributed by atoms with Gasteiger partial charge in [0.1, 0.15) is 0 Å². The second-order valence-electron chi connectivity index (χ2n) is 6.62. The second-order valence-corrected chi connectivity index (χ2v) is 6.62. The third-order valence-electron chi connectivity index (χ3n) is 4.68. The number of hydrogen-bond donors (Lipinski definition) is 2. The number of carbonyl (C=O) groups excluding carboxylic acids is 1. The van der Waals surface area contributed by atoms with Crippen LogP contribution in [-0.2, 0) is 9.53 Å². The van der Waals surface area contributed by atoms with Crippen molar-refractivity contribution in [1.82, 2.24) is 5.32 Å². The number of carbonyl (C=O) groups is 1. The lowest BCUT2D eigenvalue weighted by atomic mass is 9.48. The Morgan fingerprint density at radius 2 is 1.88 bits per heavy atom. The average molecular weight is 240 g/mol. The van der Waals surface area contributed by atoms with Crippen LogP contribution in [0, 0.1) is 16.7 Å². The van der Waals surface area contributed by atoms with Gasteiger partial charge in [-0.3, -0.25) is 4.79 Å². The van der Waals surface area contributed by atoms with Gasteiger partial charge in [-0.25, -0.2) is 0 Å². The highest BCUT2D eigenvalue weighted by Crippen LogP contribution is 2.52. The molecule has 1 atom stereocenters. The van der Waals surface area contributed by atoms with Crippen LogP contribution in [0.5, 0.6) is 0 Å². The van der Waals surface area contributed by atoms with E-state index in [-0.39, 0.29) is 34.7 Å². The minimum atomic E-state index is -0.0291. The number of amides is 1. The fourth-order valence-corrected chi connectivity index (χ4v) is 3.55. The Kier molecular flexibility index (Phi) is 2.99. The molecule has 2 rings (SSSR count). The molecule has 1 heterocycles. The van der Waals surface area contributed by atoms with E-state index in [0.717, 1.165) is 6.42 Å². The molecule has 4 nitrogen and oxygen atoms in total. The Bertz CT molecular complexity index is 303. The van der Waals surface area contributed by atoms with Gasteiger partial charge in [0, 0.05) is 29.5 Å². The molecule has 17 heavy (non-hydrogen) atoms. The fraction of sp³-hybridized carbons (Fsp3) is 0.923. The van der Waals surface area contributed by atoms with E-state index in [2.05, 4.69) is 33.0 Å². The van der Waals surface area contributed by atoms with Crippen molar-refractivity contribution in [2.24, 2.45) is 22.5 Å². The summed E-state index contributed by atoms with van der Waals surface area (Å²) in [5, 5.41) is 3.17. The molecule has 0 spiro atoms. The highest BCUT2D eigenvalue weighted by atomic mass is 16.5. The van der Waals surface area contributed by atoms with E-state index in [1.54, 1.807) is 0 Å². The molecule has 98 valence electrons. The molecular weight excluding hydrogens is 216 g/mol. The van der Waals surface area contributed by atoms with Crippen LogP contribution in [0.3, 0.4) is 0 Å². The third kappa shape index (κ3) is 1.87. The SMILES string of the molecule is CC1(C)C(N)C(C)(C)C1NC(=O)C1CCOC1. The molecular formula is C13H24N2O2. The van der Waals surface area contributed by atoms with Crippen molar-refractivity contribution in [1.29, 1.82) is 0 Å². The Hall–Kier alpha value is -0.610. The standard InChI is InChI=1S/C13H24N2O2/c1-12(2)10(14)13(3,4)11(12)15-9(16)8-5-6-17-7-8/h8,10-11H,5-7,14H2,1-4H3,(H,15,16). The van der Waals surface area contributed by atoms with E-state index in [9.17, 15) is 4.79 Å². The summed E-state index contributed by atoms with van der Waals surface area (Å²) in [7, 11) is 0. The van der Waals surface area contributed by atoms with Gasteiger partial charge in [0.2, 0.25) is 5.91 Å². The average Bonchev–Trinajstić information content (AvgIpc) is 2.77. The molecule has 0 aromatic rings. The van der Waals surface area contributed by atoms with Crippen LogP contribution >= 0.6 is 0 Å². The fourth-order valence-electron chi connectivity index (χ4n) is 3.55. The number of ether oxygens (including phenoxy) is 1. The van der Waals surface area contributed by atoms with Gasteiger partial charge in [-0.1, -0.05) is 27.7 Å². The van der Waals surface area contributed by atoms with Crippen LogP contribution in [-0.4, -0.2) is 31.2 Å². The van der Waals surface area contributed by atoms with Gasteiger partial charge in [0.25, 0.3) is 0 Å². The van der Waals surface area contributed by atoms with Crippen molar-refractivity contribution >= 4 is 5.91 Å². The van der Waals surface area contributed by atoms with E-state index in [1.165, 1.54) is 0 Å². The maximum absolute atomic E-state index is 12.1. The van der Waals surface area contributed by atoms with Crippen molar-refractivity contribution in [3.05, 3.63) is 0 Å². The molecule has 0 bridgehead atoms. The van der Waals surface area contributed by atoms with Gasteiger partial charge in [-0.2, -0.15) is 0 Å². The van der Waals surface area contributed by atoms with Gasteiger partial charge in [-0.05, 0) is 6.42 Å². The van der Waals surface area contributed by atoms with Crippen molar-refractivity contribution < 1.29 is 9.53 Å². The lowest BCUT2D eigenvalue weighted by molar-refractivity contribution is -0.135. The van der Waals surface area contributed by atoms with E-state index in [1.807, 2.05) is 0 Å². The highest BCUT2D eigenvalue weighted by Gasteiger charge is 2.60. The van der Waals surface area contributed by atoms with Gasteiger partial charge in [0.05, 0.1) is 12.5 Å². The van der Waals surface area contributed by atoms with Gasteiger partial charge in [-0.15, -0.1) is 0 Å². The van der Waals surface area contributed by atoms with Crippen LogP contribution < -0.4 is 11.1 Å². The molecule has 1 saturated carbocycles. The first-order chi connectivity index (χ1) is 7.78. The maximum atomic E-state index is 12.1. The quantitative estimate of drug-likeness (QED) is 0.754. The molecule has 3 N–H and O–H groups in total. The van der Waals surface area contributed by atoms with E-state index >= 15 is 0 Å². The first-order valence-corrected chi connectivity index (χ1v) is 6.41. The summed E-state index contributed by atoms with van der Waals surface area (Å²) < 4.78 is 5.25. The summed E-state index contributed by atoms with van der Waals surface area (Å²) in [6, 6.07) is 0.276. The lowest BCUT2D eigenvalue weighted by Crippen LogP contribution is -2.76. The maximum Gasteiger partial charge on any atom is 0.225 e. The summed E-state index contributed by atoms with van der Waals surface area (Å²) in [4.78, 5) is 12.1. The highest BCUT2D eigenvalue weighted by molar-refractivity contribution is 5.79. The molecule has 4 heteroatoms. The molecule has 2 aliphatic rings. The molecule has 1 unspecified atom stereocenters. The lowest BCUT2D eigenvalue weighted by Gasteiger charge is -2.63. The molecule has 1 saturated heterocycles. The summed E-state index contributed by atoms with van der Waals surface area (Å²) in [6.07, 6.45) is 0.839. The first-order valence-electron chi connectivity index (χ1n) is 6.41. The first kappa shape index (κ1) is 12.8. The van der Waals surface area contributed by atoms with Crippen LogP contribution in [0.15, 0.2) is 0 Å². The predicted octanol–water partition coefficient (Wildman–Crippen LogP) is 0.901. The Balaban J connectivity index is 2.01. The second kappa shape index (κ2) is 3.95. The third-order valence-corrected chi connectivity index (χ3v) is 4.68. The largest absolute Gasteiger partial charge is 0.381 e. The number of rotatable bonds is 2. The van der Waals surface area contributed by atoms with Crippen LogP contribution in [0.4, 0.5) is 0 Å². The molecule has 1 aliphatic carbocycles. The molecule has 1 aliphatic heterocycles. The topological polar surface area (TPSA) is 64.3 Å². The van der Waals surface area contributed by atoms with Crippen LogP contribution in [0.1, 0.15) is 34.1 Å². The number of hydrogen-bond acceptors (Lipinski definition) is 3. The van der Waals surface area contributed by atoms with E-state index in [4.69, 9.17) is 10.5 Å². The zero-order valence-corrected chi connectivity index (χ0v) is 11.2. The predicted molar refractivity (Wildman–Crippen MR) is 66.4 cm³/mol. The summed E-state index contributed by atoms with van der Waals surface area (Å²) in [5.41, 5.74) is 6.12. The molecule has 0 aromatic carbocycles. The van der Waals surface area contributed by atoms with Crippen LogP contribution in [0.25, 0.3) is 0 Å². The molecule has 1 amide bonds. The Labute approximate surface area is 103 Å². The van der Waals surface area contributed by atoms with Crippen molar-refractivity contribution in [3.8, 4) is 0 Å². The Morgan fingerprint density at radius 3 is 2.35 bits per heavy atom. The van der Waals surface area contributed by atoms with Gasteiger partial charge < -0.3 is 15.8 Å². The van der Waals surface area contributed by atoms with Gasteiger partial charge >= 0.3 is 0 Å². The number of nitrogens with two attached hydrogens (primary N) is 1. The van der Waals surface area contributed by atoms with E-state index in [0.29, 0.717) is 13.2 Å². The molecule has 0 radical (unpaired) electrons. The zero-order chi connectivity index (χ0) is 12.8. The monoisotopic (exact) mass is 240 g/mol. The smallest absolute Gasteiger partial charge is 0.225 e. The van der Waals surface area contributed by atoms with Crippen LogP contribution in [0.2, 0.25) is 0 Å². The summed E-state index contributed by atoms with van der Waals surface area (Å²) in [6.45, 7) is 9.76. The van der Waals surface area contributed by atoms with E-state index < -0.39 is 0 Å². The minimum Gasteiger partial charge on any atom is -0.381 e. The molecule has 0 aromatic heterocycles.